The average molecular weight is 421 g/mol. The molecule has 0 amide bonds. The van der Waals surface area contributed by atoms with Crippen molar-refractivity contribution in [1.29, 1.82) is 0 Å². The lowest BCUT2D eigenvalue weighted by molar-refractivity contribution is 0.597. The van der Waals surface area contributed by atoms with E-state index in [4.69, 9.17) is 0 Å². The van der Waals surface area contributed by atoms with E-state index in [1.54, 1.807) is 16.7 Å². The van der Waals surface area contributed by atoms with Crippen LogP contribution in [0.4, 0.5) is 0 Å². The Kier molecular flexibility index (Phi) is 13.4. The first-order valence-corrected chi connectivity index (χ1v) is 13.4. The van der Waals surface area contributed by atoms with Gasteiger partial charge in [-0.1, -0.05) is 134 Å². The quantitative estimate of drug-likeness (QED) is 0.223. The second-order valence-corrected chi connectivity index (χ2v) is 9.61. The van der Waals surface area contributed by atoms with Crippen LogP contribution in [0.2, 0.25) is 0 Å². The lowest BCUT2D eigenvalue weighted by Gasteiger charge is -2.19. The molecule has 0 bridgehead atoms. The zero-order valence-corrected chi connectivity index (χ0v) is 20.8. The van der Waals surface area contributed by atoms with E-state index in [0.29, 0.717) is 5.92 Å². The maximum Gasteiger partial charge on any atom is -0.0150 e. The number of hydrogen-bond donors (Lipinski definition) is 0. The van der Waals surface area contributed by atoms with E-state index in [9.17, 15) is 0 Å². The molecule has 0 aliphatic carbocycles. The Labute approximate surface area is 193 Å². The van der Waals surface area contributed by atoms with Crippen molar-refractivity contribution in [2.45, 2.75) is 123 Å². The Morgan fingerprint density at radius 1 is 0.548 bits per heavy atom. The zero-order chi connectivity index (χ0) is 22.2. The fourth-order valence-corrected chi connectivity index (χ4v) is 4.84. The van der Waals surface area contributed by atoms with Crippen molar-refractivity contribution in [3.05, 3.63) is 70.8 Å². The Bertz CT molecular complexity index is 684. The van der Waals surface area contributed by atoms with E-state index >= 15 is 0 Å². The van der Waals surface area contributed by atoms with Crippen molar-refractivity contribution in [3.8, 4) is 0 Å². The first kappa shape index (κ1) is 25.7. The van der Waals surface area contributed by atoms with Crippen LogP contribution in [0.1, 0.15) is 126 Å². The Morgan fingerprint density at radius 2 is 1.10 bits per heavy atom. The Morgan fingerprint density at radius 3 is 1.74 bits per heavy atom. The molecule has 0 saturated carbocycles. The Balaban J connectivity index is 2.01. The second kappa shape index (κ2) is 16.1. The highest BCUT2D eigenvalue weighted by Crippen LogP contribution is 2.27. The van der Waals surface area contributed by atoms with Gasteiger partial charge in [0.05, 0.1) is 0 Å². The topological polar surface area (TPSA) is 0 Å². The van der Waals surface area contributed by atoms with Gasteiger partial charge in [0, 0.05) is 0 Å². The van der Waals surface area contributed by atoms with Gasteiger partial charge in [0.1, 0.15) is 0 Å². The molecule has 1 unspecified atom stereocenters. The molecule has 2 aromatic carbocycles. The number of benzene rings is 2. The fourth-order valence-electron chi connectivity index (χ4n) is 4.84. The van der Waals surface area contributed by atoms with Crippen molar-refractivity contribution in [3.63, 3.8) is 0 Å². The predicted molar refractivity (Wildman–Crippen MR) is 139 cm³/mol. The summed E-state index contributed by atoms with van der Waals surface area (Å²) < 4.78 is 0. The molecule has 0 saturated heterocycles. The maximum absolute atomic E-state index is 2.43. The normalized spacial score (nSPS) is 12.2. The van der Waals surface area contributed by atoms with Crippen LogP contribution in [0.15, 0.2) is 48.5 Å². The van der Waals surface area contributed by atoms with Crippen molar-refractivity contribution >= 4 is 0 Å². The molecule has 0 aliphatic heterocycles. The molecule has 0 spiro atoms. The van der Waals surface area contributed by atoms with Gasteiger partial charge in [-0.25, -0.2) is 0 Å². The summed E-state index contributed by atoms with van der Waals surface area (Å²) >= 11 is 0. The molecule has 2 rings (SSSR count). The highest BCUT2D eigenvalue weighted by atomic mass is 14.2. The second-order valence-electron chi connectivity index (χ2n) is 9.61. The SMILES string of the molecule is CCCCCCCCc1cccc(CC(C)c2ccccc2)c1CCCCCCCC. The van der Waals surface area contributed by atoms with E-state index < -0.39 is 0 Å². The van der Waals surface area contributed by atoms with E-state index in [-0.39, 0.29) is 0 Å². The van der Waals surface area contributed by atoms with Crippen molar-refractivity contribution in [1.82, 2.24) is 0 Å². The van der Waals surface area contributed by atoms with E-state index in [0.717, 1.165) is 0 Å². The third-order valence-corrected chi connectivity index (χ3v) is 6.84. The molecule has 0 radical (unpaired) electrons. The summed E-state index contributed by atoms with van der Waals surface area (Å²) in [7, 11) is 0. The van der Waals surface area contributed by atoms with Gasteiger partial charge < -0.3 is 0 Å². The monoisotopic (exact) mass is 420 g/mol. The van der Waals surface area contributed by atoms with Crippen LogP contribution < -0.4 is 0 Å². The molecule has 2 aromatic rings. The average Bonchev–Trinajstić information content (AvgIpc) is 2.80. The number of aryl methyl sites for hydroxylation is 1. The lowest BCUT2D eigenvalue weighted by atomic mass is 9.86. The van der Waals surface area contributed by atoms with Gasteiger partial charge in [-0.3, -0.25) is 0 Å². The van der Waals surface area contributed by atoms with Gasteiger partial charge in [0.15, 0.2) is 0 Å². The van der Waals surface area contributed by atoms with Crippen LogP contribution in [-0.2, 0) is 19.3 Å². The maximum atomic E-state index is 2.43. The summed E-state index contributed by atoms with van der Waals surface area (Å²) in [6.45, 7) is 7.00. The van der Waals surface area contributed by atoms with Gasteiger partial charge in [-0.2, -0.15) is 0 Å². The molecular formula is C31H48. The highest BCUT2D eigenvalue weighted by molar-refractivity contribution is 5.37. The molecule has 0 heteroatoms. The van der Waals surface area contributed by atoms with Gasteiger partial charge in [0.2, 0.25) is 0 Å². The van der Waals surface area contributed by atoms with Crippen LogP contribution in [0.3, 0.4) is 0 Å². The van der Waals surface area contributed by atoms with Crippen LogP contribution in [0, 0.1) is 0 Å². The fraction of sp³-hybridized carbons (Fsp3) is 0.613. The summed E-state index contributed by atoms with van der Waals surface area (Å²) in [6, 6.07) is 18.2. The summed E-state index contributed by atoms with van der Waals surface area (Å²) in [4.78, 5) is 0. The van der Waals surface area contributed by atoms with Crippen molar-refractivity contribution in [2.75, 3.05) is 0 Å². The third kappa shape index (κ3) is 10.1. The largest absolute Gasteiger partial charge is 0.0654 e. The standard InChI is InChI=1S/C31H48/c1-4-6-8-10-12-15-22-29-23-19-24-30(26-27(3)28-20-16-14-17-21-28)31(29)25-18-13-11-9-7-5-2/h14,16-17,19-21,23-24,27H,4-13,15,18,22,25-26H2,1-3H3. The molecule has 0 heterocycles. The van der Waals surface area contributed by atoms with Gasteiger partial charge in [-0.05, 0) is 60.3 Å². The first-order chi connectivity index (χ1) is 15.3. The van der Waals surface area contributed by atoms with E-state index in [2.05, 4.69) is 69.3 Å². The molecule has 0 nitrogen and oxygen atoms in total. The van der Waals surface area contributed by atoms with Gasteiger partial charge >= 0.3 is 0 Å². The number of rotatable bonds is 17. The van der Waals surface area contributed by atoms with Crippen molar-refractivity contribution in [2.24, 2.45) is 0 Å². The summed E-state index contributed by atoms with van der Waals surface area (Å²) in [5.41, 5.74) is 6.40. The van der Waals surface area contributed by atoms with E-state index in [1.807, 2.05) is 0 Å². The molecule has 0 N–H and O–H groups in total. The number of hydrogen-bond acceptors (Lipinski definition) is 0. The molecule has 0 aliphatic rings. The first-order valence-electron chi connectivity index (χ1n) is 13.4. The zero-order valence-electron chi connectivity index (χ0n) is 20.8. The minimum atomic E-state index is 0.578. The molecule has 172 valence electrons. The van der Waals surface area contributed by atoms with Crippen LogP contribution in [0.5, 0.6) is 0 Å². The molecule has 0 aromatic heterocycles. The minimum absolute atomic E-state index is 0.578. The van der Waals surface area contributed by atoms with Gasteiger partial charge in [0.25, 0.3) is 0 Å². The molecular weight excluding hydrogens is 372 g/mol. The van der Waals surface area contributed by atoms with Crippen LogP contribution in [0.25, 0.3) is 0 Å². The van der Waals surface area contributed by atoms with Crippen LogP contribution in [-0.4, -0.2) is 0 Å². The highest BCUT2D eigenvalue weighted by Gasteiger charge is 2.13. The van der Waals surface area contributed by atoms with Crippen molar-refractivity contribution < 1.29 is 0 Å². The predicted octanol–water partition coefficient (Wildman–Crippen LogP) is 9.84. The van der Waals surface area contributed by atoms with Crippen LogP contribution >= 0.6 is 0 Å². The Hall–Kier alpha value is -1.56. The smallest absolute Gasteiger partial charge is 0.0150 e. The molecule has 1 atom stereocenters. The van der Waals surface area contributed by atoms with Gasteiger partial charge in [-0.15, -0.1) is 0 Å². The summed E-state index contributed by atoms with van der Waals surface area (Å²) in [5, 5.41) is 0. The molecule has 0 fully saturated rings. The summed E-state index contributed by atoms with van der Waals surface area (Å²) in [6.07, 6.45) is 20.3. The minimum Gasteiger partial charge on any atom is -0.0654 e. The summed E-state index contributed by atoms with van der Waals surface area (Å²) in [5.74, 6) is 0.578. The molecule has 31 heavy (non-hydrogen) atoms. The van der Waals surface area contributed by atoms with E-state index in [1.165, 1.54) is 102 Å². The lowest BCUT2D eigenvalue weighted by Crippen LogP contribution is -2.05. The third-order valence-electron chi connectivity index (χ3n) is 6.84. The number of unbranched alkanes of at least 4 members (excludes halogenated alkanes) is 10.